The standard InChI is InChI=1S/C13H11BrN2OS/c1-8(17)10-7-9(4-5-12(10)15)18-13-11(14)3-2-6-16-13/h2-7H,15H2,1H3. The highest BCUT2D eigenvalue weighted by molar-refractivity contribution is 9.10. The van der Waals surface area contributed by atoms with Gasteiger partial charge in [-0.25, -0.2) is 4.98 Å². The Labute approximate surface area is 118 Å². The molecule has 0 amide bonds. The predicted molar refractivity (Wildman–Crippen MR) is 76.9 cm³/mol. The topological polar surface area (TPSA) is 56.0 Å². The lowest BCUT2D eigenvalue weighted by molar-refractivity contribution is 0.101. The van der Waals surface area contributed by atoms with Gasteiger partial charge in [0.2, 0.25) is 0 Å². The average molecular weight is 323 g/mol. The SMILES string of the molecule is CC(=O)c1cc(Sc2ncccc2Br)ccc1N. The number of nitrogen functional groups attached to an aromatic ring is 1. The van der Waals surface area contributed by atoms with E-state index in [1.54, 1.807) is 18.3 Å². The lowest BCUT2D eigenvalue weighted by Gasteiger charge is -2.06. The number of nitrogens with zero attached hydrogens (tertiary/aromatic N) is 1. The molecule has 18 heavy (non-hydrogen) atoms. The van der Waals surface area contributed by atoms with E-state index in [0.29, 0.717) is 11.3 Å². The van der Waals surface area contributed by atoms with Crippen LogP contribution in [0.5, 0.6) is 0 Å². The van der Waals surface area contributed by atoms with E-state index in [0.717, 1.165) is 14.4 Å². The monoisotopic (exact) mass is 322 g/mol. The summed E-state index contributed by atoms with van der Waals surface area (Å²) in [7, 11) is 0. The zero-order valence-electron chi connectivity index (χ0n) is 9.68. The van der Waals surface area contributed by atoms with Gasteiger partial charge >= 0.3 is 0 Å². The molecule has 0 aliphatic heterocycles. The van der Waals surface area contributed by atoms with Gasteiger partial charge in [0.15, 0.2) is 5.78 Å². The van der Waals surface area contributed by atoms with Crippen molar-refractivity contribution < 1.29 is 4.79 Å². The molecule has 1 aromatic heterocycles. The Hall–Kier alpha value is -1.33. The van der Waals surface area contributed by atoms with Crippen molar-refractivity contribution in [1.29, 1.82) is 0 Å². The molecule has 0 unspecified atom stereocenters. The van der Waals surface area contributed by atoms with Crippen LogP contribution < -0.4 is 5.73 Å². The number of benzene rings is 1. The third-order valence-electron chi connectivity index (χ3n) is 2.34. The van der Waals surface area contributed by atoms with E-state index in [4.69, 9.17) is 5.73 Å². The summed E-state index contributed by atoms with van der Waals surface area (Å²) in [5.74, 6) is -0.0324. The van der Waals surface area contributed by atoms with Crippen LogP contribution in [0.4, 0.5) is 5.69 Å². The fraction of sp³-hybridized carbons (Fsp3) is 0.0769. The number of nitrogens with two attached hydrogens (primary N) is 1. The number of pyridine rings is 1. The molecule has 0 radical (unpaired) electrons. The molecule has 0 aliphatic carbocycles. The molecule has 2 rings (SSSR count). The molecular weight excluding hydrogens is 312 g/mol. The summed E-state index contributed by atoms with van der Waals surface area (Å²) in [6, 6.07) is 9.21. The normalized spacial score (nSPS) is 10.3. The van der Waals surface area contributed by atoms with E-state index >= 15 is 0 Å². The maximum Gasteiger partial charge on any atom is 0.161 e. The van der Waals surface area contributed by atoms with Gasteiger partial charge in [-0.1, -0.05) is 11.8 Å². The fourth-order valence-electron chi connectivity index (χ4n) is 1.46. The molecule has 5 heteroatoms. The van der Waals surface area contributed by atoms with Gasteiger partial charge in [-0.2, -0.15) is 0 Å². The summed E-state index contributed by atoms with van der Waals surface area (Å²) in [5, 5.41) is 0.858. The van der Waals surface area contributed by atoms with Crippen molar-refractivity contribution in [1.82, 2.24) is 4.98 Å². The smallest absolute Gasteiger partial charge is 0.161 e. The van der Waals surface area contributed by atoms with E-state index in [1.807, 2.05) is 18.2 Å². The minimum absolute atomic E-state index is 0.0324. The molecule has 0 saturated heterocycles. The summed E-state index contributed by atoms with van der Waals surface area (Å²) in [6.07, 6.45) is 1.73. The Morgan fingerprint density at radius 2 is 2.17 bits per heavy atom. The minimum Gasteiger partial charge on any atom is -0.398 e. The van der Waals surface area contributed by atoms with E-state index in [1.165, 1.54) is 18.7 Å². The average Bonchev–Trinajstić information content (AvgIpc) is 2.34. The minimum atomic E-state index is -0.0324. The Kier molecular flexibility index (Phi) is 4.04. The van der Waals surface area contributed by atoms with Gasteiger partial charge < -0.3 is 5.73 Å². The van der Waals surface area contributed by atoms with Crippen LogP contribution in [0.2, 0.25) is 0 Å². The highest BCUT2D eigenvalue weighted by atomic mass is 79.9. The Bertz CT molecular complexity index is 601. The van der Waals surface area contributed by atoms with Crippen molar-refractivity contribution in [2.24, 2.45) is 0 Å². The molecule has 2 N–H and O–H groups in total. The lowest BCUT2D eigenvalue weighted by atomic mass is 10.1. The van der Waals surface area contributed by atoms with Crippen LogP contribution in [0.25, 0.3) is 0 Å². The van der Waals surface area contributed by atoms with Gasteiger partial charge in [0.25, 0.3) is 0 Å². The van der Waals surface area contributed by atoms with E-state index in [9.17, 15) is 4.79 Å². The number of Topliss-reactive ketones (excluding diaryl/α,β-unsaturated/α-hetero) is 1. The van der Waals surface area contributed by atoms with Crippen molar-refractivity contribution in [3.05, 3.63) is 46.6 Å². The Morgan fingerprint density at radius 3 is 2.83 bits per heavy atom. The van der Waals surface area contributed by atoms with E-state index in [-0.39, 0.29) is 5.78 Å². The predicted octanol–water partition coefficient (Wildman–Crippen LogP) is 3.78. The fourth-order valence-corrected chi connectivity index (χ4v) is 2.77. The van der Waals surface area contributed by atoms with Gasteiger partial charge in [-0.3, -0.25) is 4.79 Å². The number of hydrogen-bond acceptors (Lipinski definition) is 4. The number of carbonyl (C=O) groups excluding carboxylic acids is 1. The molecule has 0 spiro atoms. The number of carbonyl (C=O) groups is 1. The number of anilines is 1. The van der Waals surface area contributed by atoms with Crippen molar-refractivity contribution >= 4 is 39.2 Å². The number of rotatable bonds is 3. The molecule has 1 aromatic carbocycles. The highest BCUT2D eigenvalue weighted by Crippen LogP contribution is 2.32. The molecule has 0 aliphatic rings. The first-order valence-electron chi connectivity index (χ1n) is 5.27. The molecule has 92 valence electrons. The molecule has 0 saturated carbocycles. The maximum absolute atomic E-state index is 11.4. The van der Waals surface area contributed by atoms with Gasteiger partial charge in [0.1, 0.15) is 5.03 Å². The molecular formula is C13H11BrN2OS. The number of halogens is 1. The van der Waals surface area contributed by atoms with Crippen molar-refractivity contribution in [3.63, 3.8) is 0 Å². The third kappa shape index (κ3) is 2.91. The lowest BCUT2D eigenvalue weighted by Crippen LogP contribution is -1.99. The first-order valence-corrected chi connectivity index (χ1v) is 6.87. The Morgan fingerprint density at radius 1 is 1.39 bits per heavy atom. The zero-order chi connectivity index (χ0) is 13.1. The van der Waals surface area contributed by atoms with Crippen LogP contribution in [-0.4, -0.2) is 10.8 Å². The summed E-state index contributed by atoms with van der Waals surface area (Å²) in [5.41, 5.74) is 6.81. The number of hydrogen-bond donors (Lipinski definition) is 1. The zero-order valence-corrected chi connectivity index (χ0v) is 12.1. The second-order valence-electron chi connectivity index (χ2n) is 3.70. The van der Waals surface area contributed by atoms with Crippen molar-refractivity contribution in [2.45, 2.75) is 16.8 Å². The van der Waals surface area contributed by atoms with Gasteiger partial charge in [-0.05, 0) is 53.2 Å². The van der Waals surface area contributed by atoms with Gasteiger partial charge in [-0.15, -0.1) is 0 Å². The molecule has 2 aromatic rings. The number of ketones is 1. The molecule has 0 fully saturated rings. The van der Waals surface area contributed by atoms with Gasteiger partial charge in [0, 0.05) is 22.3 Å². The van der Waals surface area contributed by atoms with E-state index in [2.05, 4.69) is 20.9 Å². The third-order valence-corrected chi connectivity index (χ3v) is 4.25. The Balaban J connectivity index is 2.33. The second-order valence-corrected chi connectivity index (χ2v) is 5.61. The first kappa shape index (κ1) is 13.1. The van der Waals surface area contributed by atoms with Crippen LogP contribution in [0.1, 0.15) is 17.3 Å². The van der Waals surface area contributed by atoms with E-state index < -0.39 is 0 Å². The number of aromatic nitrogens is 1. The summed E-state index contributed by atoms with van der Waals surface area (Å²) < 4.78 is 0.927. The van der Waals surface area contributed by atoms with Crippen LogP contribution in [0.3, 0.4) is 0 Å². The maximum atomic E-state index is 11.4. The second kappa shape index (κ2) is 5.54. The van der Waals surface area contributed by atoms with Crippen LogP contribution in [-0.2, 0) is 0 Å². The first-order chi connectivity index (χ1) is 8.58. The highest BCUT2D eigenvalue weighted by Gasteiger charge is 2.08. The van der Waals surface area contributed by atoms with Crippen molar-refractivity contribution in [2.75, 3.05) is 5.73 Å². The molecule has 1 heterocycles. The van der Waals surface area contributed by atoms with Crippen LogP contribution in [0, 0.1) is 0 Å². The molecule has 3 nitrogen and oxygen atoms in total. The van der Waals surface area contributed by atoms with Crippen LogP contribution in [0.15, 0.2) is 50.9 Å². The van der Waals surface area contributed by atoms with Crippen LogP contribution >= 0.6 is 27.7 Å². The summed E-state index contributed by atoms with van der Waals surface area (Å²) in [4.78, 5) is 16.6. The quantitative estimate of drug-likeness (QED) is 0.690. The summed E-state index contributed by atoms with van der Waals surface area (Å²) in [6.45, 7) is 1.51. The summed E-state index contributed by atoms with van der Waals surface area (Å²) >= 11 is 4.93. The van der Waals surface area contributed by atoms with Gasteiger partial charge in [0.05, 0.1) is 4.47 Å². The largest absolute Gasteiger partial charge is 0.398 e. The van der Waals surface area contributed by atoms with Crippen molar-refractivity contribution in [3.8, 4) is 0 Å². The molecule has 0 atom stereocenters. The molecule has 0 bridgehead atoms.